The second-order valence-electron chi connectivity index (χ2n) is 7.41. The van der Waals surface area contributed by atoms with E-state index in [4.69, 9.17) is 17.3 Å². The molecule has 0 spiro atoms. The first-order valence-electron chi connectivity index (χ1n) is 9.09. The summed E-state index contributed by atoms with van der Waals surface area (Å²) in [6, 6.07) is 3.38. The van der Waals surface area contributed by atoms with Crippen molar-refractivity contribution in [1.29, 1.82) is 0 Å². The molecule has 2 aromatic rings. The Hall–Kier alpha value is -2.36. The van der Waals surface area contributed by atoms with Crippen LogP contribution in [-0.2, 0) is 23.2 Å². The van der Waals surface area contributed by atoms with E-state index in [0.717, 1.165) is 17.7 Å². The van der Waals surface area contributed by atoms with Crippen LogP contribution in [0.25, 0.3) is 0 Å². The summed E-state index contributed by atoms with van der Waals surface area (Å²) in [6.45, 7) is 1.24. The summed E-state index contributed by atoms with van der Waals surface area (Å²) >= 11 is 6.11. The molecular weight excluding hydrogens is 431 g/mol. The molecule has 5 nitrogen and oxygen atoms in total. The standard InChI is InChI=1S/C19H20ClF5N4O/c1-10(16-13(20)7-29(28-16)8-15(22)23)5-11-3-4-14(21)12(6-11)18(2)19(24,25)9-30-17(26)27-18/h3-4,6-7,10,15H,5,8-9H2,1-2H3,(H2,26,27)/t10?,18-/m1/s1. The molecular formula is C19H20ClF5N4O. The van der Waals surface area contributed by atoms with Gasteiger partial charge < -0.3 is 10.5 Å². The third-order valence-electron chi connectivity index (χ3n) is 5.08. The van der Waals surface area contributed by atoms with Crippen LogP contribution >= 0.6 is 11.6 Å². The van der Waals surface area contributed by atoms with Gasteiger partial charge in [0.15, 0.2) is 12.1 Å². The van der Waals surface area contributed by atoms with Crippen molar-refractivity contribution in [3.63, 3.8) is 0 Å². The number of alkyl halides is 4. The van der Waals surface area contributed by atoms with E-state index in [2.05, 4.69) is 14.8 Å². The van der Waals surface area contributed by atoms with Gasteiger partial charge in [0.1, 0.15) is 12.4 Å². The van der Waals surface area contributed by atoms with Crippen molar-refractivity contribution in [3.05, 3.63) is 52.1 Å². The van der Waals surface area contributed by atoms with Gasteiger partial charge in [-0.25, -0.2) is 18.2 Å². The van der Waals surface area contributed by atoms with E-state index in [0.29, 0.717) is 11.3 Å². The minimum absolute atomic E-state index is 0.214. The Labute approximate surface area is 174 Å². The Morgan fingerprint density at radius 3 is 2.70 bits per heavy atom. The first kappa shape index (κ1) is 22.3. The number of nitrogens with two attached hydrogens (primary N) is 1. The SMILES string of the molecule is CC(Cc1ccc(F)c([C@@]2(C)N=C(N)OCC2(F)F)c1)c1nn(CC(F)F)cc1Cl. The van der Waals surface area contributed by atoms with Gasteiger partial charge in [-0.15, -0.1) is 0 Å². The predicted octanol–water partition coefficient (Wildman–Crippen LogP) is 4.48. The van der Waals surface area contributed by atoms with Crippen molar-refractivity contribution in [2.45, 2.75) is 50.6 Å². The highest BCUT2D eigenvalue weighted by molar-refractivity contribution is 6.31. The maximum absolute atomic E-state index is 14.6. The summed E-state index contributed by atoms with van der Waals surface area (Å²) in [5.41, 5.74) is 3.80. The Morgan fingerprint density at radius 1 is 1.33 bits per heavy atom. The Morgan fingerprint density at radius 2 is 2.03 bits per heavy atom. The molecule has 164 valence electrons. The molecule has 1 aliphatic heterocycles. The lowest BCUT2D eigenvalue weighted by Crippen LogP contribution is -2.51. The van der Waals surface area contributed by atoms with E-state index in [1.54, 1.807) is 6.92 Å². The number of rotatable bonds is 6. The molecule has 0 saturated carbocycles. The number of amidine groups is 1. The first-order chi connectivity index (χ1) is 13.9. The predicted molar refractivity (Wildman–Crippen MR) is 102 cm³/mol. The minimum atomic E-state index is -3.49. The normalized spacial score (nSPS) is 22.0. The molecule has 3 rings (SSSR count). The van der Waals surface area contributed by atoms with E-state index >= 15 is 0 Å². The van der Waals surface area contributed by atoms with Crippen molar-refractivity contribution in [2.75, 3.05) is 6.61 Å². The smallest absolute Gasteiger partial charge is 0.310 e. The molecule has 11 heteroatoms. The highest BCUT2D eigenvalue weighted by Gasteiger charge is 2.56. The lowest BCUT2D eigenvalue weighted by atomic mass is 9.83. The Kier molecular flexibility index (Phi) is 5.99. The highest BCUT2D eigenvalue weighted by atomic mass is 35.5. The van der Waals surface area contributed by atoms with E-state index in [1.807, 2.05) is 0 Å². The molecule has 1 unspecified atom stereocenters. The van der Waals surface area contributed by atoms with Crippen LogP contribution in [0, 0.1) is 5.82 Å². The van der Waals surface area contributed by atoms with Crippen molar-refractivity contribution < 1.29 is 26.7 Å². The van der Waals surface area contributed by atoms with Crippen molar-refractivity contribution in [2.24, 2.45) is 10.7 Å². The zero-order valence-corrected chi connectivity index (χ0v) is 16.9. The topological polar surface area (TPSA) is 65.4 Å². The molecule has 2 N–H and O–H groups in total. The fourth-order valence-corrected chi connectivity index (χ4v) is 3.74. The molecule has 0 radical (unpaired) electrons. The van der Waals surface area contributed by atoms with Gasteiger partial charge in [-0.3, -0.25) is 4.68 Å². The monoisotopic (exact) mass is 450 g/mol. The second kappa shape index (κ2) is 8.05. The number of hydrogen-bond donors (Lipinski definition) is 1. The molecule has 0 aliphatic carbocycles. The molecule has 1 aliphatic rings. The fraction of sp³-hybridized carbons (Fsp3) is 0.474. The van der Waals surface area contributed by atoms with Crippen LogP contribution in [0.2, 0.25) is 5.02 Å². The second-order valence-corrected chi connectivity index (χ2v) is 7.82. The summed E-state index contributed by atoms with van der Waals surface area (Å²) in [7, 11) is 0. The lowest BCUT2D eigenvalue weighted by molar-refractivity contribution is -0.117. The molecule has 1 aromatic carbocycles. The van der Waals surface area contributed by atoms with Gasteiger partial charge >= 0.3 is 5.92 Å². The number of aromatic nitrogens is 2. The summed E-state index contributed by atoms with van der Waals surface area (Å²) < 4.78 is 74.5. The maximum atomic E-state index is 14.6. The summed E-state index contributed by atoms with van der Waals surface area (Å²) in [6.07, 6.45) is -1.02. The number of aliphatic imine (C=N–C) groups is 1. The molecule has 0 fully saturated rings. The van der Waals surface area contributed by atoms with Crippen molar-refractivity contribution in [1.82, 2.24) is 9.78 Å². The molecule has 30 heavy (non-hydrogen) atoms. The number of ether oxygens (including phenoxy) is 1. The molecule has 1 aromatic heterocycles. The molecule has 0 amide bonds. The minimum Gasteiger partial charge on any atom is -0.459 e. The molecule has 2 atom stereocenters. The van der Waals surface area contributed by atoms with Gasteiger partial charge in [0.05, 0.1) is 10.7 Å². The summed E-state index contributed by atoms with van der Waals surface area (Å²) in [5, 5.41) is 4.29. The summed E-state index contributed by atoms with van der Waals surface area (Å²) in [4.78, 5) is 3.70. The summed E-state index contributed by atoms with van der Waals surface area (Å²) in [5.74, 6) is -4.68. The van der Waals surface area contributed by atoms with Crippen LogP contribution < -0.4 is 5.73 Å². The van der Waals surface area contributed by atoms with Crippen LogP contribution in [0.4, 0.5) is 22.0 Å². The molecule has 0 bridgehead atoms. The average Bonchev–Trinajstić information content (AvgIpc) is 3.00. The largest absolute Gasteiger partial charge is 0.459 e. The van der Waals surface area contributed by atoms with Crippen molar-refractivity contribution in [3.8, 4) is 0 Å². The average molecular weight is 451 g/mol. The van der Waals surface area contributed by atoms with E-state index < -0.39 is 42.9 Å². The molecule has 2 heterocycles. The van der Waals surface area contributed by atoms with E-state index in [-0.39, 0.29) is 22.9 Å². The van der Waals surface area contributed by atoms with Crippen LogP contribution in [0.15, 0.2) is 29.4 Å². The van der Waals surface area contributed by atoms with Gasteiger partial charge in [-0.05, 0) is 25.0 Å². The van der Waals surface area contributed by atoms with E-state index in [1.165, 1.54) is 18.3 Å². The third kappa shape index (κ3) is 4.23. The zero-order chi connectivity index (χ0) is 22.3. The number of halogens is 6. The number of nitrogens with zero attached hydrogens (tertiary/aromatic N) is 3. The fourth-order valence-electron chi connectivity index (χ4n) is 3.40. The van der Waals surface area contributed by atoms with Crippen LogP contribution in [-0.4, -0.2) is 34.8 Å². The number of benzene rings is 1. The highest BCUT2D eigenvalue weighted by Crippen LogP contribution is 2.44. The Bertz CT molecular complexity index is 964. The maximum Gasteiger partial charge on any atom is 0.310 e. The van der Waals surface area contributed by atoms with Crippen molar-refractivity contribution >= 4 is 17.6 Å². The van der Waals surface area contributed by atoms with Gasteiger partial charge in [0.2, 0.25) is 0 Å². The zero-order valence-electron chi connectivity index (χ0n) is 16.2. The lowest BCUT2D eigenvalue weighted by Gasteiger charge is -2.37. The van der Waals surface area contributed by atoms with Crippen LogP contribution in [0.3, 0.4) is 0 Å². The molecule has 0 saturated heterocycles. The van der Waals surface area contributed by atoms with Gasteiger partial charge in [0.25, 0.3) is 12.4 Å². The van der Waals surface area contributed by atoms with Crippen LogP contribution in [0.1, 0.15) is 36.6 Å². The van der Waals surface area contributed by atoms with Gasteiger partial charge in [-0.2, -0.15) is 13.9 Å². The van der Waals surface area contributed by atoms with Gasteiger partial charge in [0, 0.05) is 17.7 Å². The Balaban J connectivity index is 1.91. The van der Waals surface area contributed by atoms with E-state index in [9.17, 15) is 22.0 Å². The third-order valence-corrected chi connectivity index (χ3v) is 5.37. The quantitative estimate of drug-likeness (QED) is 0.660. The van der Waals surface area contributed by atoms with Gasteiger partial charge in [-0.1, -0.05) is 30.7 Å². The first-order valence-corrected chi connectivity index (χ1v) is 9.46. The van der Waals surface area contributed by atoms with Crippen LogP contribution in [0.5, 0.6) is 0 Å². The number of hydrogen-bond acceptors (Lipinski definition) is 4.